The van der Waals surface area contributed by atoms with Gasteiger partial charge < -0.3 is 10.2 Å². The third-order valence-electron chi connectivity index (χ3n) is 4.17. The summed E-state index contributed by atoms with van der Waals surface area (Å²) >= 11 is 0. The third-order valence-corrected chi connectivity index (χ3v) is 4.17. The molecule has 0 aromatic carbocycles. The zero-order valence-electron chi connectivity index (χ0n) is 11.7. The Kier molecular flexibility index (Phi) is 3.64. The van der Waals surface area contributed by atoms with E-state index in [1.54, 1.807) is 0 Å². The van der Waals surface area contributed by atoms with Gasteiger partial charge in [-0.05, 0) is 30.6 Å². The second kappa shape index (κ2) is 4.90. The van der Waals surface area contributed by atoms with Crippen LogP contribution in [0.1, 0.15) is 46.5 Å². The minimum Gasteiger partial charge on any atom is -0.344 e. The molecule has 2 rings (SSSR count). The van der Waals surface area contributed by atoms with E-state index in [-0.39, 0.29) is 23.3 Å². The van der Waals surface area contributed by atoms with Crippen molar-refractivity contribution in [2.75, 3.05) is 13.1 Å². The molecule has 0 aromatic rings. The second-order valence-electron chi connectivity index (χ2n) is 6.41. The molecule has 2 aliphatic rings. The fourth-order valence-electron chi connectivity index (χ4n) is 2.39. The van der Waals surface area contributed by atoms with Gasteiger partial charge in [0.15, 0.2) is 0 Å². The number of carbonyl (C=O) groups excluding carboxylic acids is 2. The number of hydrogen-bond acceptors (Lipinski definition) is 2. The van der Waals surface area contributed by atoms with Gasteiger partial charge in [-0.2, -0.15) is 0 Å². The maximum absolute atomic E-state index is 12.5. The van der Waals surface area contributed by atoms with Crippen molar-refractivity contribution in [2.24, 2.45) is 11.3 Å². The van der Waals surface area contributed by atoms with Crippen LogP contribution in [0, 0.1) is 11.3 Å². The summed E-state index contributed by atoms with van der Waals surface area (Å²) in [6.45, 7) is 7.81. The molecular weight excluding hydrogens is 228 g/mol. The lowest BCUT2D eigenvalue weighted by Gasteiger charge is -2.32. The van der Waals surface area contributed by atoms with Crippen LogP contribution in [0.2, 0.25) is 0 Å². The third kappa shape index (κ3) is 3.03. The van der Waals surface area contributed by atoms with E-state index in [2.05, 4.69) is 26.1 Å². The van der Waals surface area contributed by atoms with Crippen molar-refractivity contribution in [1.82, 2.24) is 10.2 Å². The van der Waals surface area contributed by atoms with Crippen LogP contribution in [-0.2, 0) is 9.59 Å². The van der Waals surface area contributed by atoms with Crippen LogP contribution in [0.4, 0.5) is 0 Å². The molecule has 4 heteroatoms. The molecule has 2 fully saturated rings. The number of nitrogens with one attached hydrogen (secondary N) is 1. The first-order valence-corrected chi connectivity index (χ1v) is 7.01. The lowest BCUT2D eigenvalue weighted by Crippen LogP contribution is -2.48. The molecule has 0 radical (unpaired) electrons. The van der Waals surface area contributed by atoms with Crippen molar-refractivity contribution in [3.05, 3.63) is 0 Å². The molecule has 2 amide bonds. The quantitative estimate of drug-likeness (QED) is 0.825. The topological polar surface area (TPSA) is 49.4 Å². The minimum atomic E-state index is -0.257. The Balaban J connectivity index is 2.08. The van der Waals surface area contributed by atoms with Gasteiger partial charge in [0.2, 0.25) is 11.8 Å². The van der Waals surface area contributed by atoms with Crippen molar-refractivity contribution < 1.29 is 9.59 Å². The Morgan fingerprint density at radius 1 is 1.33 bits per heavy atom. The highest BCUT2D eigenvalue weighted by atomic mass is 16.2. The molecule has 1 aliphatic carbocycles. The summed E-state index contributed by atoms with van der Waals surface area (Å²) in [5.74, 6) is 0.536. The molecule has 18 heavy (non-hydrogen) atoms. The summed E-state index contributed by atoms with van der Waals surface area (Å²) in [7, 11) is 0. The monoisotopic (exact) mass is 252 g/mol. The SMILES string of the molecule is CCC(C)(C)CN1CCC(=O)NC(C2CC2)C1=O. The Bertz CT molecular complexity index is 348. The lowest BCUT2D eigenvalue weighted by molar-refractivity contribution is -0.135. The molecule has 0 spiro atoms. The number of rotatable bonds is 4. The molecule has 0 aromatic heterocycles. The van der Waals surface area contributed by atoms with Crippen LogP contribution < -0.4 is 5.32 Å². The van der Waals surface area contributed by atoms with Crippen molar-refractivity contribution in [2.45, 2.75) is 52.5 Å². The van der Waals surface area contributed by atoms with Gasteiger partial charge in [0.1, 0.15) is 6.04 Å². The van der Waals surface area contributed by atoms with E-state index < -0.39 is 0 Å². The first kappa shape index (κ1) is 13.4. The maximum atomic E-state index is 12.5. The Morgan fingerprint density at radius 3 is 2.56 bits per heavy atom. The number of nitrogens with zero attached hydrogens (tertiary/aromatic N) is 1. The molecule has 4 nitrogen and oxygen atoms in total. The fourth-order valence-corrected chi connectivity index (χ4v) is 2.39. The van der Waals surface area contributed by atoms with Crippen molar-refractivity contribution in [1.29, 1.82) is 0 Å². The predicted octanol–water partition coefficient (Wildman–Crippen LogP) is 1.55. The zero-order valence-corrected chi connectivity index (χ0v) is 11.7. The highest BCUT2D eigenvalue weighted by Crippen LogP contribution is 2.34. The summed E-state index contributed by atoms with van der Waals surface area (Å²) in [6, 6.07) is -0.257. The van der Waals surface area contributed by atoms with Crippen molar-refractivity contribution >= 4 is 11.8 Å². The van der Waals surface area contributed by atoms with Gasteiger partial charge in [0.05, 0.1) is 0 Å². The van der Waals surface area contributed by atoms with Gasteiger partial charge in [-0.25, -0.2) is 0 Å². The smallest absolute Gasteiger partial charge is 0.245 e. The van der Waals surface area contributed by atoms with Crippen LogP contribution in [-0.4, -0.2) is 35.8 Å². The second-order valence-corrected chi connectivity index (χ2v) is 6.41. The summed E-state index contributed by atoms with van der Waals surface area (Å²) in [4.78, 5) is 26.0. The molecule has 1 saturated heterocycles. The Morgan fingerprint density at radius 2 is 2.00 bits per heavy atom. The van der Waals surface area contributed by atoms with Crippen LogP contribution in [0.15, 0.2) is 0 Å². The molecule has 1 aliphatic heterocycles. The molecule has 1 N–H and O–H groups in total. The van der Waals surface area contributed by atoms with E-state index in [0.29, 0.717) is 18.9 Å². The van der Waals surface area contributed by atoms with Crippen LogP contribution in [0.3, 0.4) is 0 Å². The van der Waals surface area contributed by atoms with E-state index >= 15 is 0 Å². The highest BCUT2D eigenvalue weighted by Gasteiger charge is 2.41. The van der Waals surface area contributed by atoms with Gasteiger partial charge in [-0.1, -0.05) is 20.8 Å². The molecule has 1 atom stereocenters. The Labute approximate surface area is 109 Å². The number of hydrogen-bond donors (Lipinski definition) is 1. The van der Waals surface area contributed by atoms with E-state index in [1.165, 1.54) is 0 Å². The highest BCUT2D eigenvalue weighted by molar-refractivity contribution is 5.90. The lowest BCUT2D eigenvalue weighted by atomic mass is 9.89. The van der Waals surface area contributed by atoms with Gasteiger partial charge in [0.25, 0.3) is 0 Å². The van der Waals surface area contributed by atoms with E-state index in [0.717, 1.165) is 25.8 Å². The maximum Gasteiger partial charge on any atom is 0.245 e. The van der Waals surface area contributed by atoms with Crippen molar-refractivity contribution in [3.8, 4) is 0 Å². The van der Waals surface area contributed by atoms with E-state index in [9.17, 15) is 9.59 Å². The molecule has 1 saturated carbocycles. The minimum absolute atomic E-state index is 0.0251. The van der Waals surface area contributed by atoms with Crippen LogP contribution in [0.25, 0.3) is 0 Å². The zero-order chi connectivity index (χ0) is 13.3. The van der Waals surface area contributed by atoms with Crippen LogP contribution >= 0.6 is 0 Å². The first-order chi connectivity index (χ1) is 8.43. The average molecular weight is 252 g/mol. The van der Waals surface area contributed by atoms with Gasteiger partial charge >= 0.3 is 0 Å². The summed E-state index contributed by atoms with van der Waals surface area (Å²) in [6.07, 6.45) is 3.62. The van der Waals surface area contributed by atoms with Gasteiger partial charge in [-0.15, -0.1) is 0 Å². The predicted molar refractivity (Wildman–Crippen MR) is 69.9 cm³/mol. The fraction of sp³-hybridized carbons (Fsp3) is 0.857. The standard InChI is InChI=1S/C14H24N2O2/c1-4-14(2,3)9-16-8-7-11(17)15-12(13(16)18)10-5-6-10/h10,12H,4-9H2,1-3H3,(H,15,17). The van der Waals surface area contributed by atoms with E-state index in [1.807, 2.05) is 4.90 Å². The Hall–Kier alpha value is -1.06. The van der Waals surface area contributed by atoms with Gasteiger partial charge in [-0.3, -0.25) is 9.59 Å². The largest absolute Gasteiger partial charge is 0.344 e. The number of amides is 2. The summed E-state index contributed by atoms with van der Waals surface area (Å²) in [5.41, 5.74) is 0.122. The summed E-state index contributed by atoms with van der Waals surface area (Å²) < 4.78 is 0. The first-order valence-electron chi connectivity index (χ1n) is 7.01. The van der Waals surface area contributed by atoms with Crippen LogP contribution in [0.5, 0.6) is 0 Å². The normalized spacial score (nSPS) is 25.9. The summed E-state index contributed by atoms with van der Waals surface area (Å²) in [5, 5.41) is 2.89. The van der Waals surface area contributed by atoms with Gasteiger partial charge in [0, 0.05) is 19.5 Å². The molecule has 102 valence electrons. The number of carbonyl (C=O) groups is 2. The average Bonchev–Trinajstić information content (AvgIpc) is 3.14. The molecule has 1 unspecified atom stereocenters. The molecular formula is C14H24N2O2. The van der Waals surface area contributed by atoms with Crippen molar-refractivity contribution in [3.63, 3.8) is 0 Å². The molecule has 1 heterocycles. The molecule has 0 bridgehead atoms. The van der Waals surface area contributed by atoms with E-state index in [4.69, 9.17) is 0 Å².